The molecule has 0 aromatic heterocycles. The summed E-state index contributed by atoms with van der Waals surface area (Å²) < 4.78 is 6.26. The van der Waals surface area contributed by atoms with E-state index in [4.69, 9.17) is 3.07 Å². The standard InChI is InChI=1S/C8H17.CH3O.Sn/c1-3-5-7-8-6-4-2;1-2;/h5H,3-4,6-8H2,1-2H3;1H3;/q;-1;+1. The first-order valence-electron chi connectivity index (χ1n) is 4.63. The molecule has 0 saturated carbocycles. The molecule has 0 aliphatic rings. The van der Waals surface area contributed by atoms with Gasteiger partial charge >= 0.3 is 81.6 Å². The van der Waals surface area contributed by atoms with Gasteiger partial charge in [0, 0.05) is 0 Å². The molecule has 0 N–H and O–H groups in total. The molecule has 2 heteroatoms. The third-order valence-corrected chi connectivity index (χ3v) is 5.55. The van der Waals surface area contributed by atoms with Gasteiger partial charge in [-0.2, -0.15) is 0 Å². The number of hydrogen-bond donors (Lipinski definition) is 0. The van der Waals surface area contributed by atoms with Crippen molar-refractivity contribution < 1.29 is 3.07 Å². The SMILES string of the molecule is CCCCC[CH](CC)[Sn][O]C. The summed E-state index contributed by atoms with van der Waals surface area (Å²) in [5, 5.41) is 0. The van der Waals surface area contributed by atoms with Gasteiger partial charge in [0.2, 0.25) is 0 Å². The van der Waals surface area contributed by atoms with Crippen molar-refractivity contribution in [2.45, 2.75) is 49.9 Å². The third kappa shape index (κ3) is 7.13. The third-order valence-electron chi connectivity index (χ3n) is 1.93. The zero-order valence-corrected chi connectivity index (χ0v) is 10.9. The molecular weight excluding hydrogens is 243 g/mol. The van der Waals surface area contributed by atoms with E-state index in [9.17, 15) is 0 Å². The number of unbranched alkanes of at least 4 members (excludes halogenated alkanes) is 2. The first-order chi connectivity index (χ1) is 5.35. The summed E-state index contributed by atoms with van der Waals surface area (Å²) in [6.07, 6.45) is 6.92. The van der Waals surface area contributed by atoms with E-state index in [1.54, 1.807) is 0 Å². The average molecular weight is 263 g/mol. The van der Waals surface area contributed by atoms with E-state index in [0.717, 1.165) is 3.93 Å². The minimum absolute atomic E-state index is 0.447. The van der Waals surface area contributed by atoms with Crippen LogP contribution in [0.15, 0.2) is 0 Å². The van der Waals surface area contributed by atoms with Crippen LogP contribution in [-0.4, -0.2) is 28.7 Å². The van der Waals surface area contributed by atoms with Crippen molar-refractivity contribution in [3.63, 3.8) is 0 Å². The van der Waals surface area contributed by atoms with E-state index < -0.39 is 21.6 Å². The van der Waals surface area contributed by atoms with E-state index in [2.05, 4.69) is 13.8 Å². The molecule has 0 rings (SSSR count). The number of rotatable bonds is 7. The Bertz CT molecular complexity index is 76.0. The molecule has 1 nitrogen and oxygen atoms in total. The normalized spacial score (nSPS) is 13.4. The van der Waals surface area contributed by atoms with Gasteiger partial charge in [0.25, 0.3) is 0 Å². The van der Waals surface area contributed by atoms with Crippen LogP contribution < -0.4 is 0 Å². The fourth-order valence-electron chi connectivity index (χ4n) is 1.15. The Balaban J connectivity index is 3.20. The predicted octanol–water partition coefficient (Wildman–Crippen LogP) is 3.03. The Kier molecular flexibility index (Phi) is 9.46. The summed E-state index contributed by atoms with van der Waals surface area (Å²) in [6, 6.07) is 0. The van der Waals surface area contributed by atoms with Gasteiger partial charge in [-0.05, 0) is 0 Å². The minimum atomic E-state index is -0.447. The molecule has 0 aromatic rings. The van der Waals surface area contributed by atoms with Gasteiger partial charge in [-0.1, -0.05) is 0 Å². The fraction of sp³-hybridized carbons (Fsp3) is 1.00. The first-order valence-corrected chi connectivity index (χ1v) is 7.44. The zero-order chi connectivity index (χ0) is 8.53. The zero-order valence-electron chi connectivity index (χ0n) is 8.02. The van der Waals surface area contributed by atoms with Crippen molar-refractivity contribution in [1.82, 2.24) is 0 Å². The molecular formula is C9H20OSn. The van der Waals surface area contributed by atoms with Crippen molar-refractivity contribution >= 4 is 21.6 Å². The van der Waals surface area contributed by atoms with Crippen molar-refractivity contribution in [2.24, 2.45) is 0 Å². The van der Waals surface area contributed by atoms with E-state index >= 15 is 0 Å². The molecule has 0 amide bonds. The fourth-order valence-corrected chi connectivity index (χ4v) is 3.50. The van der Waals surface area contributed by atoms with Crippen molar-refractivity contribution in [2.75, 3.05) is 7.11 Å². The van der Waals surface area contributed by atoms with Crippen molar-refractivity contribution in [1.29, 1.82) is 0 Å². The molecule has 1 unspecified atom stereocenters. The van der Waals surface area contributed by atoms with Crippen molar-refractivity contribution in [3.05, 3.63) is 0 Å². The van der Waals surface area contributed by atoms with E-state index in [1.165, 1.54) is 32.1 Å². The van der Waals surface area contributed by atoms with E-state index in [-0.39, 0.29) is 0 Å². The van der Waals surface area contributed by atoms with Crippen LogP contribution in [0.4, 0.5) is 0 Å². The molecule has 2 radical (unpaired) electrons. The predicted molar refractivity (Wildman–Crippen MR) is 50.9 cm³/mol. The molecule has 0 spiro atoms. The summed E-state index contributed by atoms with van der Waals surface area (Å²) in [7, 11) is 1.87. The van der Waals surface area contributed by atoms with Crippen LogP contribution in [0.3, 0.4) is 0 Å². The molecule has 0 aromatic carbocycles. The van der Waals surface area contributed by atoms with Crippen molar-refractivity contribution in [3.8, 4) is 0 Å². The Morgan fingerprint density at radius 2 is 2.00 bits per heavy atom. The molecule has 0 bridgehead atoms. The monoisotopic (exact) mass is 264 g/mol. The maximum atomic E-state index is 5.30. The Morgan fingerprint density at radius 1 is 1.27 bits per heavy atom. The summed E-state index contributed by atoms with van der Waals surface area (Å²) in [6.45, 7) is 4.55. The van der Waals surface area contributed by atoms with Crippen LogP contribution in [0.2, 0.25) is 3.93 Å². The molecule has 0 aliphatic heterocycles. The van der Waals surface area contributed by atoms with E-state index in [0.29, 0.717) is 0 Å². The van der Waals surface area contributed by atoms with E-state index in [1.807, 2.05) is 7.11 Å². The second kappa shape index (κ2) is 8.85. The Hall–Kier alpha value is 0.759. The Morgan fingerprint density at radius 3 is 2.45 bits per heavy atom. The summed E-state index contributed by atoms with van der Waals surface area (Å²) in [5.74, 6) is 0. The summed E-state index contributed by atoms with van der Waals surface area (Å²) >= 11 is -0.447. The first kappa shape index (κ1) is 11.8. The molecule has 1 atom stereocenters. The second-order valence-electron chi connectivity index (χ2n) is 2.92. The average Bonchev–Trinajstić information content (AvgIpc) is 2.03. The number of hydrogen-bond acceptors (Lipinski definition) is 1. The second-order valence-corrected chi connectivity index (χ2v) is 7.09. The molecule has 66 valence electrons. The van der Waals surface area contributed by atoms with Gasteiger partial charge in [0.15, 0.2) is 0 Å². The van der Waals surface area contributed by atoms with Crippen LogP contribution in [0.1, 0.15) is 46.0 Å². The molecule has 0 fully saturated rings. The summed E-state index contributed by atoms with van der Waals surface area (Å²) in [4.78, 5) is 0. The van der Waals surface area contributed by atoms with Crippen LogP contribution in [-0.2, 0) is 3.07 Å². The van der Waals surface area contributed by atoms with Crippen LogP contribution in [0, 0.1) is 0 Å². The van der Waals surface area contributed by atoms with Gasteiger partial charge in [0.05, 0.1) is 0 Å². The van der Waals surface area contributed by atoms with Crippen LogP contribution in [0.5, 0.6) is 0 Å². The van der Waals surface area contributed by atoms with Gasteiger partial charge < -0.3 is 0 Å². The topological polar surface area (TPSA) is 9.23 Å². The van der Waals surface area contributed by atoms with Crippen LogP contribution >= 0.6 is 0 Å². The molecule has 11 heavy (non-hydrogen) atoms. The van der Waals surface area contributed by atoms with Gasteiger partial charge in [0.1, 0.15) is 0 Å². The van der Waals surface area contributed by atoms with Gasteiger partial charge in [-0.3, -0.25) is 0 Å². The quantitative estimate of drug-likeness (QED) is 0.506. The Labute approximate surface area is 81.7 Å². The molecule has 0 heterocycles. The maximum absolute atomic E-state index is 5.30. The van der Waals surface area contributed by atoms with Gasteiger partial charge in [-0.15, -0.1) is 0 Å². The molecule has 0 aliphatic carbocycles. The summed E-state index contributed by atoms with van der Waals surface area (Å²) in [5.41, 5.74) is 0. The van der Waals surface area contributed by atoms with Gasteiger partial charge in [-0.25, -0.2) is 0 Å². The molecule has 0 saturated heterocycles. The van der Waals surface area contributed by atoms with Crippen LogP contribution in [0.25, 0.3) is 0 Å².